The molecule has 190 valence electrons. The second kappa shape index (κ2) is 10.5. The third-order valence-electron chi connectivity index (χ3n) is 7.10. The Morgan fingerprint density at radius 3 is 2.41 bits per heavy atom. The number of pyridine rings is 1. The summed E-state index contributed by atoms with van der Waals surface area (Å²) in [5.41, 5.74) is 4.39. The van der Waals surface area contributed by atoms with Crippen LogP contribution in [0.2, 0.25) is 0 Å². The Hall–Kier alpha value is -4.14. The lowest BCUT2D eigenvalue weighted by atomic mass is 9.97. The number of H-pyrrole nitrogens is 1. The van der Waals surface area contributed by atoms with Gasteiger partial charge in [0.25, 0.3) is 0 Å². The number of benzene rings is 2. The van der Waals surface area contributed by atoms with E-state index in [9.17, 15) is 14.7 Å². The molecule has 0 bridgehead atoms. The number of rotatable bonds is 8. The van der Waals surface area contributed by atoms with Crippen LogP contribution in [0.15, 0.2) is 54.6 Å². The number of hydrogen-bond donors (Lipinski definition) is 2. The predicted octanol–water partition coefficient (Wildman–Crippen LogP) is 4.71. The molecule has 1 amide bonds. The van der Waals surface area contributed by atoms with Crippen molar-refractivity contribution >= 4 is 22.8 Å². The summed E-state index contributed by atoms with van der Waals surface area (Å²) in [5.74, 6) is -0.750. The molecule has 9 nitrogen and oxygen atoms in total. The van der Waals surface area contributed by atoms with E-state index >= 15 is 0 Å². The summed E-state index contributed by atoms with van der Waals surface area (Å²) < 4.78 is 0. The second-order valence-corrected chi connectivity index (χ2v) is 10.0. The number of amides is 1. The van der Waals surface area contributed by atoms with Crippen molar-refractivity contribution < 1.29 is 14.7 Å². The molecule has 2 aromatic carbocycles. The normalized spacial score (nSPS) is 14.8. The van der Waals surface area contributed by atoms with Crippen LogP contribution in [-0.2, 0) is 16.1 Å². The minimum Gasteiger partial charge on any atom is -0.480 e. The van der Waals surface area contributed by atoms with Crippen LogP contribution in [0.4, 0.5) is 0 Å². The Morgan fingerprint density at radius 2 is 1.76 bits per heavy atom. The fourth-order valence-corrected chi connectivity index (χ4v) is 5.20. The summed E-state index contributed by atoms with van der Waals surface area (Å²) in [6.45, 7) is 3.97. The molecule has 1 saturated carbocycles. The van der Waals surface area contributed by atoms with Gasteiger partial charge < -0.3 is 10.0 Å². The SMILES string of the molecule is CC(C)C(C(=O)O)N(Cc1ccc2nc(-c3ccc(-c4nn[nH]n4)cc3)ccc2c1)C(=O)C1CCCC1. The molecule has 5 rings (SSSR count). The molecular weight excluding hydrogens is 468 g/mol. The highest BCUT2D eigenvalue weighted by Gasteiger charge is 2.36. The van der Waals surface area contributed by atoms with Crippen LogP contribution in [0.25, 0.3) is 33.5 Å². The summed E-state index contributed by atoms with van der Waals surface area (Å²) >= 11 is 0. The molecule has 4 aromatic rings. The second-order valence-electron chi connectivity index (χ2n) is 10.0. The number of hydrogen-bond acceptors (Lipinski definition) is 6. The zero-order chi connectivity index (χ0) is 25.9. The van der Waals surface area contributed by atoms with Gasteiger partial charge in [0.15, 0.2) is 0 Å². The first-order valence-electron chi connectivity index (χ1n) is 12.7. The van der Waals surface area contributed by atoms with Gasteiger partial charge in [0, 0.05) is 29.0 Å². The summed E-state index contributed by atoms with van der Waals surface area (Å²) in [6.07, 6.45) is 3.71. The molecule has 0 radical (unpaired) electrons. The Balaban J connectivity index is 1.40. The van der Waals surface area contributed by atoms with Crippen LogP contribution in [0.3, 0.4) is 0 Å². The zero-order valence-corrected chi connectivity index (χ0v) is 21.0. The van der Waals surface area contributed by atoms with Gasteiger partial charge in [-0.3, -0.25) is 4.79 Å². The first kappa shape index (κ1) is 24.5. The van der Waals surface area contributed by atoms with Crippen LogP contribution in [0.1, 0.15) is 45.1 Å². The number of carboxylic acids is 1. The van der Waals surface area contributed by atoms with E-state index in [0.717, 1.165) is 59.0 Å². The van der Waals surface area contributed by atoms with Crippen molar-refractivity contribution in [2.45, 2.75) is 52.1 Å². The van der Waals surface area contributed by atoms with Crippen LogP contribution < -0.4 is 0 Å². The lowest BCUT2D eigenvalue weighted by Crippen LogP contribution is -2.49. The first-order valence-corrected chi connectivity index (χ1v) is 12.7. The molecule has 2 N–H and O–H groups in total. The van der Waals surface area contributed by atoms with Crippen molar-refractivity contribution in [3.63, 3.8) is 0 Å². The van der Waals surface area contributed by atoms with Crippen LogP contribution in [-0.4, -0.2) is 53.5 Å². The highest BCUT2D eigenvalue weighted by atomic mass is 16.4. The number of carbonyl (C=O) groups is 2. The van der Waals surface area contributed by atoms with Crippen molar-refractivity contribution in [2.24, 2.45) is 11.8 Å². The summed E-state index contributed by atoms with van der Waals surface area (Å²) in [6, 6.07) is 16.8. The molecule has 1 aliphatic rings. The van der Waals surface area contributed by atoms with E-state index in [0.29, 0.717) is 5.82 Å². The number of aromatic nitrogens is 5. The highest BCUT2D eigenvalue weighted by molar-refractivity contribution is 5.86. The van der Waals surface area contributed by atoms with E-state index in [1.807, 2.05) is 68.4 Å². The average Bonchev–Trinajstić information content (AvgIpc) is 3.62. The van der Waals surface area contributed by atoms with Crippen LogP contribution in [0.5, 0.6) is 0 Å². The van der Waals surface area contributed by atoms with Gasteiger partial charge in [-0.2, -0.15) is 5.21 Å². The number of nitrogens with one attached hydrogen (secondary N) is 1. The molecule has 0 aliphatic heterocycles. The molecule has 1 aliphatic carbocycles. The van der Waals surface area contributed by atoms with Crippen molar-refractivity contribution in [2.75, 3.05) is 0 Å². The van der Waals surface area contributed by atoms with Crippen molar-refractivity contribution in [1.82, 2.24) is 30.5 Å². The molecule has 1 fully saturated rings. The number of tetrazole rings is 1. The number of aliphatic carboxylic acids is 1. The van der Waals surface area contributed by atoms with E-state index < -0.39 is 12.0 Å². The predicted molar refractivity (Wildman–Crippen MR) is 139 cm³/mol. The van der Waals surface area contributed by atoms with Crippen molar-refractivity contribution in [3.8, 4) is 22.6 Å². The number of nitrogens with zero attached hydrogens (tertiary/aromatic N) is 5. The van der Waals surface area contributed by atoms with Gasteiger partial charge in [0.2, 0.25) is 11.7 Å². The molecule has 1 atom stereocenters. The van der Waals surface area contributed by atoms with Crippen molar-refractivity contribution in [3.05, 3.63) is 60.2 Å². The molecule has 2 aromatic heterocycles. The summed E-state index contributed by atoms with van der Waals surface area (Å²) in [5, 5.41) is 24.9. The summed E-state index contributed by atoms with van der Waals surface area (Å²) in [4.78, 5) is 32.0. The summed E-state index contributed by atoms with van der Waals surface area (Å²) in [7, 11) is 0. The van der Waals surface area contributed by atoms with Gasteiger partial charge in [0.05, 0.1) is 11.2 Å². The third kappa shape index (κ3) is 5.21. The first-order chi connectivity index (χ1) is 17.9. The molecule has 37 heavy (non-hydrogen) atoms. The average molecular weight is 499 g/mol. The number of fused-ring (bicyclic) bond motifs is 1. The number of aromatic amines is 1. The van der Waals surface area contributed by atoms with Gasteiger partial charge in [-0.25, -0.2) is 9.78 Å². The van der Waals surface area contributed by atoms with Gasteiger partial charge in [-0.05, 0) is 47.7 Å². The number of carbonyl (C=O) groups excluding carboxylic acids is 1. The van der Waals surface area contributed by atoms with Crippen LogP contribution in [0, 0.1) is 11.8 Å². The topological polar surface area (TPSA) is 125 Å². The number of carboxylic acid groups (broad SMARTS) is 1. The Kier molecular flexibility index (Phi) is 6.94. The smallest absolute Gasteiger partial charge is 0.326 e. The van der Waals surface area contributed by atoms with Gasteiger partial charge in [-0.1, -0.05) is 63.1 Å². The largest absolute Gasteiger partial charge is 0.480 e. The maximum atomic E-state index is 13.4. The molecule has 0 spiro atoms. The van der Waals surface area contributed by atoms with Gasteiger partial charge >= 0.3 is 5.97 Å². The molecule has 0 saturated heterocycles. The molecule has 1 unspecified atom stereocenters. The van der Waals surface area contributed by atoms with Crippen molar-refractivity contribution in [1.29, 1.82) is 0 Å². The van der Waals surface area contributed by atoms with E-state index in [4.69, 9.17) is 4.98 Å². The minimum absolute atomic E-state index is 0.0450. The molecule has 9 heteroatoms. The van der Waals surface area contributed by atoms with Gasteiger partial charge in [-0.15, -0.1) is 10.2 Å². The fourth-order valence-electron chi connectivity index (χ4n) is 5.20. The van der Waals surface area contributed by atoms with E-state index in [2.05, 4.69) is 20.6 Å². The standard InChI is InChI=1S/C28H30N6O3/c1-17(2)25(28(36)37)34(27(35)21-5-3-4-6-21)16-18-7-13-24-22(15-18)12-14-23(29-24)19-8-10-20(11-9-19)26-30-32-33-31-26/h7-15,17,21,25H,3-6,16H2,1-2H3,(H,36,37)(H,30,31,32,33). The van der Waals surface area contributed by atoms with Crippen LogP contribution >= 0.6 is 0 Å². The van der Waals surface area contributed by atoms with E-state index in [-0.39, 0.29) is 24.3 Å². The maximum Gasteiger partial charge on any atom is 0.326 e. The zero-order valence-electron chi connectivity index (χ0n) is 21.0. The fraction of sp³-hybridized carbons (Fsp3) is 0.357. The lowest BCUT2D eigenvalue weighted by molar-refractivity contribution is -0.154. The monoisotopic (exact) mass is 498 g/mol. The van der Waals surface area contributed by atoms with E-state index in [1.54, 1.807) is 4.90 Å². The minimum atomic E-state index is -0.959. The Labute approximate surface area is 214 Å². The lowest BCUT2D eigenvalue weighted by Gasteiger charge is -2.33. The molecule has 2 heterocycles. The Morgan fingerprint density at radius 1 is 1.03 bits per heavy atom. The highest BCUT2D eigenvalue weighted by Crippen LogP contribution is 2.30. The Bertz CT molecular complexity index is 1400. The maximum absolute atomic E-state index is 13.4. The van der Waals surface area contributed by atoms with Gasteiger partial charge in [0.1, 0.15) is 6.04 Å². The third-order valence-corrected chi connectivity index (χ3v) is 7.10. The van der Waals surface area contributed by atoms with E-state index in [1.165, 1.54) is 0 Å². The quantitative estimate of drug-likeness (QED) is 0.360. The molecular formula is C28H30N6O3.